The predicted molar refractivity (Wildman–Crippen MR) is 57.3 cm³/mol. The molecule has 0 spiro atoms. The molecule has 0 fully saturated rings. The number of benzene rings is 1. The van der Waals surface area contributed by atoms with E-state index in [1.165, 1.54) is 0 Å². The summed E-state index contributed by atoms with van der Waals surface area (Å²) in [6.45, 7) is 0. The Morgan fingerprint density at radius 2 is 2.14 bits per heavy atom. The summed E-state index contributed by atoms with van der Waals surface area (Å²) in [5.41, 5.74) is 0.415. The van der Waals surface area contributed by atoms with Crippen LogP contribution in [0.3, 0.4) is 0 Å². The van der Waals surface area contributed by atoms with Crippen molar-refractivity contribution in [2.75, 3.05) is 5.88 Å². The fourth-order valence-corrected chi connectivity index (χ4v) is 1.33. The number of carbonyl (C=O) groups is 2. The van der Waals surface area contributed by atoms with E-state index in [0.29, 0.717) is 5.56 Å². The molecule has 14 heavy (non-hydrogen) atoms. The Morgan fingerprint density at radius 1 is 1.43 bits per heavy atom. The summed E-state index contributed by atoms with van der Waals surface area (Å²) >= 11 is 8.46. The maximum Gasteiger partial charge on any atom is 0.257 e. The van der Waals surface area contributed by atoms with Crippen molar-refractivity contribution in [2.45, 2.75) is 0 Å². The minimum absolute atomic E-state index is 0.222. The summed E-state index contributed by atoms with van der Waals surface area (Å²) in [5.74, 6) is -1.17. The molecule has 0 saturated heterocycles. The van der Waals surface area contributed by atoms with E-state index in [2.05, 4.69) is 21.2 Å². The van der Waals surface area contributed by atoms with Gasteiger partial charge in [0.15, 0.2) is 0 Å². The monoisotopic (exact) mass is 275 g/mol. The zero-order chi connectivity index (χ0) is 10.6. The molecule has 1 aromatic carbocycles. The summed E-state index contributed by atoms with van der Waals surface area (Å²) in [6.07, 6.45) is 0. The molecule has 2 amide bonds. The van der Waals surface area contributed by atoms with Gasteiger partial charge < -0.3 is 0 Å². The third-order valence-corrected chi connectivity index (χ3v) is 2.20. The molecule has 1 N–H and O–H groups in total. The highest BCUT2D eigenvalue weighted by molar-refractivity contribution is 9.10. The van der Waals surface area contributed by atoms with E-state index in [0.717, 1.165) is 4.47 Å². The highest BCUT2D eigenvalue weighted by atomic mass is 79.9. The van der Waals surface area contributed by atoms with Crippen LogP contribution in [0.25, 0.3) is 0 Å². The Bertz CT molecular complexity index is 368. The van der Waals surface area contributed by atoms with Crippen LogP contribution in [0.15, 0.2) is 28.7 Å². The first kappa shape index (κ1) is 11.2. The zero-order valence-corrected chi connectivity index (χ0v) is 9.43. The summed E-state index contributed by atoms with van der Waals surface area (Å²) in [6, 6.07) is 6.74. The molecular weight excluding hydrogens is 269 g/mol. The standard InChI is InChI=1S/C9H7BrClNO2/c10-7-3-1-2-6(4-7)9(14)12-8(13)5-11/h1-4H,5H2,(H,12,13,14). The van der Waals surface area contributed by atoms with Crippen molar-refractivity contribution in [1.82, 2.24) is 5.32 Å². The van der Waals surface area contributed by atoms with Crippen LogP contribution in [0.1, 0.15) is 10.4 Å². The van der Waals surface area contributed by atoms with Crippen LogP contribution in [-0.2, 0) is 4.79 Å². The summed E-state index contributed by atoms with van der Waals surface area (Å²) in [7, 11) is 0. The van der Waals surface area contributed by atoms with Crippen LogP contribution in [-0.4, -0.2) is 17.7 Å². The summed E-state index contributed by atoms with van der Waals surface area (Å²) in [4.78, 5) is 22.2. The number of rotatable bonds is 2. The van der Waals surface area contributed by atoms with E-state index in [1.54, 1.807) is 24.3 Å². The maximum atomic E-state index is 11.4. The first-order chi connectivity index (χ1) is 6.63. The number of halogens is 2. The largest absolute Gasteiger partial charge is 0.291 e. The molecule has 3 nitrogen and oxygen atoms in total. The minimum atomic E-state index is -0.503. The fraction of sp³-hybridized carbons (Fsp3) is 0.111. The zero-order valence-electron chi connectivity index (χ0n) is 7.09. The van der Waals surface area contributed by atoms with Crippen LogP contribution in [0.2, 0.25) is 0 Å². The number of hydrogen-bond donors (Lipinski definition) is 1. The van der Waals surface area contributed by atoms with Gasteiger partial charge in [-0.2, -0.15) is 0 Å². The smallest absolute Gasteiger partial charge is 0.257 e. The van der Waals surface area contributed by atoms with Gasteiger partial charge in [-0.05, 0) is 18.2 Å². The third-order valence-electron chi connectivity index (χ3n) is 1.46. The molecule has 0 unspecified atom stereocenters. The van der Waals surface area contributed by atoms with E-state index >= 15 is 0 Å². The van der Waals surface area contributed by atoms with Gasteiger partial charge in [0.25, 0.3) is 5.91 Å². The second-order valence-electron chi connectivity index (χ2n) is 2.52. The number of alkyl halides is 1. The Labute approximate surface area is 94.6 Å². The van der Waals surface area contributed by atoms with Gasteiger partial charge in [-0.3, -0.25) is 14.9 Å². The molecule has 0 bridgehead atoms. The molecule has 0 aromatic heterocycles. The Kier molecular flexibility index (Phi) is 4.10. The molecule has 5 heteroatoms. The van der Waals surface area contributed by atoms with Crippen molar-refractivity contribution < 1.29 is 9.59 Å². The number of nitrogens with one attached hydrogen (secondary N) is 1. The van der Waals surface area contributed by atoms with Gasteiger partial charge >= 0.3 is 0 Å². The lowest BCUT2D eigenvalue weighted by Crippen LogP contribution is -2.31. The average Bonchev–Trinajstić information content (AvgIpc) is 2.17. The lowest BCUT2D eigenvalue weighted by Gasteiger charge is -2.01. The maximum absolute atomic E-state index is 11.4. The highest BCUT2D eigenvalue weighted by Gasteiger charge is 2.08. The lowest BCUT2D eigenvalue weighted by molar-refractivity contribution is -0.117. The van der Waals surface area contributed by atoms with E-state index < -0.39 is 11.8 Å². The number of amides is 2. The SMILES string of the molecule is O=C(CCl)NC(=O)c1cccc(Br)c1. The number of carbonyl (C=O) groups excluding carboxylic acids is 2. The molecule has 0 saturated carbocycles. The molecule has 0 heterocycles. The molecule has 1 aromatic rings. The highest BCUT2D eigenvalue weighted by Crippen LogP contribution is 2.11. The van der Waals surface area contributed by atoms with Crippen molar-refractivity contribution >= 4 is 39.3 Å². The van der Waals surface area contributed by atoms with Crippen LogP contribution < -0.4 is 5.32 Å². The molecule has 1 rings (SSSR count). The van der Waals surface area contributed by atoms with Gasteiger partial charge in [-0.25, -0.2) is 0 Å². The predicted octanol–water partition coefficient (Wildman–Crippen LogP) is 1.94. The first-order valence-corrected chi connectivity index (χ1v) is 5.12. The van der Waals surface area contributed by atoms with Crippen molar-refractivity contribution in [3.8, 4) is 0 Å². The Morgan fingerprint density at radius 3 is 2.71 bits per heavy atom. The van der Waals surface area contributed by atoms with Crippen molar-refractivity contribution in [2.24, 2.45) is 0 Å². The topological polar surface area (TPSA) is 46.2 Å². The molecule has 0 radical (unpaired) electrons. The second-order valence-corrected chi connectivity index (χ2v) is 3.70. The van der Waals surface area contributed by atoms with Gasteiger partial charge in [0.2, 0.25) is 5.91 Å². The van der Waals surface area contributed by atoms with Crippen molar-refractivity contribution in [1.29, 1.82) is 0 Å². The molecule has 0 atom stereocenters. The fourth-order valence-electron chi connectivity index (χ4n) is 0.862. The van der Waals surface area contributed by atoms with E-state index in [9.17, 15) is 9.59 Å². The normalized spacial score (nSPS) is 9.57. The van der Waals surface area contributed by atoms with E-state index in [1.807, 2.05) is 0 Å². The first-order valence-electron chi connectivity index (χ1n) is 3.79. The summed E-state index contributed by atoms with van der Waals surface area (Å²) in [5, 5.41) is 2.14. The number of hydrogen-bond acceptors (Lipinski definition) is 2. The van der Waals surface area contributed by atoms with Crippen LogP contribution in [0.5, 0.6) is 0 Å². The quantitative estimate of drug-likeness (QED) is 0.839. The van der Waals surface area contributed by atoms with Gasteiger partial charge in [0.05, 0.1) is 0 Å². The van der Waals surface area contributed by atoms with E-state index in [-0.39, 0.29) is 5.88 Å². The van der Waals surface area contributed by atoms with Gasteiger partial charge in [-0.15, -0.1) is 11.6 Å². The van der Waals surface area contributed by atoms with E-state index in [4.69, 9.17) is 11.6 Å². The third kappa shape index (κ3) is 3.12. The summed E-state index contributed by atoms with van der Waals surface area (Å²) < 4.78 is 0.781. The molecule has 0 aliphatic carbocycles. The Hall–Kier alpha value is -0.870. The molecular formula is C9H7BrClNO2. The number of imide groups is 1. The van der Waals surface area contributed by atoms with Gasteiger partial charge in [0.1, 0.15) is 5.88 Å². The van der Waals surface area contributed by atoms with Gasteiger partial charge in [-0.1, -0.05) is 22.0 Å². The second kappa shape index (κ2) is 5.12. The Balaban J connectivity index is 2.75. The van der Waals surface area contributed by atoms with Crippen LogP contribution in [0.4, 0.5) is 0 Å². The lowest BCUT2D eigenvalue weighted by atomic mass is 10.2. The average molecular weight is 277 g/mol. The van der Waals surface area contributed by atoms with Crippen molar-refractivity contribution in [3.05, 3.63) is 34.3 Å². The molecule has 0 aliphatic rings. The molecule has 0 aliphatic heterocycles. The van der Waals surface area contributed by atoms with Gasteiger partial charge in [0, 0.05) is 10.0 Å². The van der Waals surface area contributed by atoms with Crippen LogP contribution in [0, 0.1) is 0 Å². The molecule has 74 valence electrons. The van der Waals surface area contributed by atoms with Crippen molar-refractivity contribution in [3.63, 3.8) is 0 Å². The minimum Gasteiger partial charge on any atom is -0.291 e. The van der Waals surface area contributed by atoms with Crippen LogP contribution >= 0.6 is 27.5 Å².